The fraction of sp³-hybridized carbons (Fsp3) is 0. The first-order chi connectivity index (χ1) is 6.10. The van der Waals surface area contributed by atoms with Crippen molar-refractivity contribution in [3.8, 4) is 0 Å². The highest BCUT2D eigenvalue weighted by Gasteiger charge is 1.84. The van der Waals surface area contributed by atoms with Gasteiger partial charge in [0, 0.05) is 0 Å². The second-order valence-electron chi connectivity index (χ2n) is 1.68. The number of nitrogens with one attached hydrogen (secondary N) is 3. The predicted molar refractivity (Wildman–Crippen MR) is 46.4 cm³/mol. The molecule has 0 aliphatic rings. The first kappa shape index (κ1) is 11.0. The lowest BCUT2D eigenvalue weighted by atomic mass is 11.0. The van der Waals surface area contributed by atoms with Crippen molar-refractivity contribution in [2.45, 2.75) is 0 Å². The molecule has 9 heteroatoms. The van der Waals surface area contributed by atoms with Gasteiger partial charge in [0.2, 0.25) is 6.08 Å². The summed E-state index contributed by atoms with van der Waals surface area (Å²) in [6, 6.07) is 0. The lowest BCUT2D eigenvalue weighted by Crippen LogP contribution is -2.34. The maximum Gasteiger partial charge on any atom is 0.330 e. The molecule has 0 unspecified atom stereocenters. The van der Waals surface area contributed by atoms with Crippen LogP contribution in [-0.2, 0) is 4.79 Å². The topological polar surface area (TPSA) is 128 Å². The van der Waals surface area contributed by atoms with Crippen LogP contribution in [0.25, 0.3) is 0 Å². The van der Waals surface area contributed by atoms with Gasteiger partial charge in [-0.2, -0.15) is 0 Å². The van der Waals surface area contributed by atoms with E-state index in [9.17, 15) is 14.4 Å². The van der Waals surface area contributed by atoms with Crippen molar-refractivity contribution in [3.63, 3.8) is 0 Å². The number of carbonyl (C=O) groups excluding carboxylic acids is 1. The van der Waals surface area contributed by atoms with E-state index in [1.54, 1.807) is 15.0 Å². The molecule has 13 heavy (non-hydrogen) atoms. The molecular formula is C4H6N4O4Si. The fourth-order valence-electron chi connectivity index (χ4n) is 0.403. The maximum absolute atomic E-state index is 10.2. The Hall–Kier alpha value is -1.99. The van der Waals surface area contributed by atoms with Crippen molar-refractivity contribution in [3.05, 3.63) is 31.5 Å². The first-order valence-electron chi connectivity index (χ1n) is 2.99. The number of aromatic amines is 3. The maximum atomic E-state index is 10.2. The zero-order valence-electron chi connectivity index (χ0n) is 6.58. The van der Waals surface area contributed by atoms with Gasteiger partial charge in [0.05, 0.1) is 0 Å². The summed E-state index contributed by atoms with van der Waals surface area (Å²) in [4.78, 5) is 44.8. The lowest BCUT2D eigenvalue weighted by Gasteiger charge is -1.77. The van der Waals surface area contributed by atoms with Crippen molar-refractivity contribution in [2.24, 2.45) is 4.66 Å². The Morgan fingerprint density at radius 1 is 1.00 bits per heavy atom. The Bertz CT molecular complexity index is 385. The molecule has 8 nitrogen and oxygen atoms in total. The number of aromatic nitrogens is 3. The molecule has 1 rings (SSSR count). The molecule has 0 spiro atoms. The molecular weight excluding hydrogens is 196 g/mol. The molecule has 3 N–H and O–H groups in total. The molecule has 0 aliphatic carbocycles. The van der Waals surface area contributed by atoms with Crippen LogP contribution in [-0.4, -0.2) is 31.4 Å². The van der Waals surface area contributed by atoms with Gasteiger partial charge in [-0.3, -0.25) is 19.6 Å². The molecule has 0 amide bonds. The summed E-state index contributed by atoms with van der Waals surface area (Å²) in [5, 5.41) is 0. The summed E-state index contributed by atoms with van der Waals surface area (Å²) in [6.45, 7) is 0. The van der Waals surface area contributed by atoms with E-state index < -0.39 is 17.1 Å². The van der Waals surface area contributed by atoms with E-state index in [1.807, 2.05) is 0 Å². The molecule has 0 radical (unpaired) electrons. The molecule has 0 atom stereocenters. The minimum Gasteiger partial charge on any atom is -0.260 e. The van der Waals surface area contributed by atoms with E-state index in [4.69, 9.17) is 4.79 Å². The van der Waals surface area contributed by atoms with Gasteiger partial charge in [-0.25, -0.2) is 19.2 Å². The monoisotopic (exact) mass is 202 g/mol. The van der Waals surface area contributed by atoms with Crippen molar-refractivity contribution in [1.82, 2.24) is 15.0 Å². The van der Waals surface area contributed by atoms with Crippen LogP contribution in [0.2, 0.25) is 0 Å². The summed E-state index contributed by atoms with van der Waals surface area (Å²) >= 11 is 0. The van der Waals surface area contributed by atoms with E-state index >= 15 is 0 Å². The molecule has 0 aliphatic heterocycles. The number of rotatable bonds is 0. The van der Waals surface area contributed by atoms with E-state index in [0.717, 1.165) is 0 Å². The first-order valence-corrected chi connectivity index (χ1v) is 3.88. The van der Waals surface area contributed by atoms with Crippen LogP contribution in [0.15, 0.2) is 19.0 Å². The number of H-pyrrole nitrogens is 3. The zero-order valence-corrected chi connectivity index (χ0v) is 8.58. The SMILES string of the molecule is O=C=N[SiH3].O=c1[nH]c(=O)[nH]c(=O)[nH]1. The highest BCUT2D eigenvalue weighted by molar-refractivity contribution is 6.07. The Kier molecular flexibility index (Phi) is 4.77. The Labute approximate surface area is 73.3 Å². The van der Waals surface area contributed by atoms with Gasteiger partial charge in [0.1, 0.15) is 0 Å². The molecule has 0 bridgehead atoms. The van der Waals surface area contributed by atoms with Gasteiger partial charge in [-0.05, 0) is 0 Å². The highest BCUT2D eigenvalue weighted by atomic mass is 28.2. The van der Waals surface area contributed by atoms with Gasteiger partial charge in [0.15, 0.2) is 10.4 Å². The average molecular weight is 202 g/mol. The summed E-state index contributed by atoms with van der Waals surface area (Å²) in [6.07, 6.45) is 1.37. The van der Waals surface area contributed by atoms with Crippen LogP contribution in [0.3, 0.4) is 0 Å². The number of nitrogens with zero attached hydrogens (tertiary/aromatic N) is 1. The Balaban J connectivity index is 0.000000310. The smallest absolute Gasteiger partial charge is 0.260 e. The Morgan fingerprint density at radius 2 is 1.23 bits per heavy atom. The van der Waals surface area contributed by atoms with E-state index in [2.05, 4.69) is 4.66 Å². The molecule has 1 aromatic heterocycles. The van der Waals surface area contributed by atoms with Crippen LogP contribution in [0.4, 0.5) is 0 Å². The van der Waals surface area contributed by atoms with Gasteiger partial charge < -0.3 is 0 Å². The van der Waals surface area contributed by atoms with Crippen LogP contribution < -0.4 is 17.1 Å². The average Bonchev–Trinajstić information content (AvgIpc) is 2.02. The molecule has 70 valence electrons. The fourth-order valence-corrected chi connectivity index (χ4v) is 0.403. The number of isocyanates is 1. The third-order valence-electron chi connectivity index (χ3n) is 0.772. The van der Waals surface area contributed by atoms with Crippen LogP contribution in [0, 0.1) is 0 Å². The quantitative estimate of drug-likeness (QED) is 0.227. The van der Waals surface area contributed by atoms with Gasteiger partial charge in [-0.15, -0.1) is 0 Å². The summed E-state index contributed by atoms with van der Waals surface area (Å²) in [5.74, 6) is 0. The van der Waals surface area contributed by atoms with E-state index in [0.29, 0.717) is 10.4 Å². The van der Waals surface area contributed by atoms with Gasteiger partial charge >= 0.3 is 17.1 Å². The normalized spacial score (nSPS) is 8.00. The third kappa shape index (κ3) is 5.30. The van der Waals surface area contributed by atoms with Gasteiger partial charge in [-0.1, -0.05) is 0 Å². The zero-order chi connectivity index (χ0) is 10.3. The Morgan fingerprint density at radius 3 is 1.38 bits per heavy atom. The summed E-state index contributed by atoms with van der Waals surface area (Å²) in [5.41, 5.74) is -2.41. The minimum atomic E-state index is -0.802. The number of hydrogen-bond acceptors (Lipinski definition) is 5. The van der Waals surface area contributed by atoms with Crippen molar-refractivity contribution in [2.75, 3.05) is 0 Å². The van der Waals surface area contributed by atoms with Crippen LogP contribution in [0.1, 0.15) is 0 Å². The van der Waals surface area contributed by atoms with Gasteiger partial charge in [0.25, 0.3) is 0 Å². The van der Waals surface area contributed by atoms with E-state index in [1.165, 1.54) is 6.08 Å². The largest absolute Gasteiger partial charge is 0.330 e. The standard InChI is InChI=1S/C3H3N3O3.CH3NOSi/c7-1-4-2(8)6-3(9)5-1;3-1-2-4/h(H3,4,5,6,7,8,9);4H3. The molecule has 0 fully saturated rings. The second-order valence-corrected chi connectivity index (χ2v) is 2.12. The molecule has 1 heterocycles. The van der Waals surface area contributed by atoms with Crippen molar-refractivity contribution >= 4 is 16.5 Å². The second kappa shape index (κ2) is 5.63. The van der Waals surface area contributed by atoms with Crippen LogP contribution >= 0.6 is 0 Å². The van der Waals surface area contributed by atoms with Crippen LogP contribution in [0.5, 0.6) is 0 Å². The summed E-state index contributed by atoms with van der Waals surface area (Å²) in [7, 11) is 0.591. The predicted octanol–water partition coefficient (Wildman–Crippen LogP) is -3.65. The third-order valence-corrected chi connectivity index (χ3v) is 0.955. The molecule has 1 aromatic rings. The number of hydrogen-bond donors (Lipinski definition) is 3. The molecule has 0 saturated heterocycles. The summed E-state index contributed by atoms with van der Waals surface area (Å²) < 4.78 is 3.07. The van der Waals surface area contributed by atoms with Crippen molar-refractivity contribution < 1.29 is 4.79 Å². The van der Waals surface area contributed by atoms with E-state index in [-0.39, 0.29) is 0 Å². The van der Waals surface area contributed by atoms with Crippen molar-refractivity contribution in [1.29, 1.82) is 0 Å². The minimum absolute atomic E-state index is 0.591. The molecule has 0 saturated carbocycles. The molecule has 0 aromatic carbocycles. The lowest BCUT2D eigenvalue weighted by molar-refractivity contribution is 0.566. The highest BCUT2D eigenvalue weighted by Crippen LogP contribution is 1.29.